The normalized spacial score (nSPS) is 10.9. The standard InChI is InChI=1S/C20H18N4O/c1-3-7-15(8-4-1)19-17(21-13-23-19)11-25-12-18-20(24-14-22-18)16-9-5-2-6-10-16/h1-10,13-14H,11-12H2,(H,21,23)(H,22,24). The van der Waals surface area contributed by atoms with Crippen molar-refractivity contribution < 1.29 is 4.74 Å². The van der Waals surface area contributed by atoms with Crippen molar-refractivity contribution in [3.8, 4) is 22.5 Å². The number of nitrogens with zero attached hydrogens (tertiary/aromatic N) is 2. The Morgan fingerprint density at radius 1 is 0.640 bits per heavy atom. The Bertz CT molecular complexity index is 851. The lowest BCUT2D eigenvalue weighted by Gasteiger charge is -2.06. The van der Waals surface area contributed by atoms with Gasteiger partial charge in [-0.1, -0.05) is 60.7 Å². The fraction of sp³-hybridized carbons (Fsp3) is 0.100. The summed E-state index contributed by atoms with van der Waals surface area (Å²) in [6.07, 6.45) is 3.40. The van der Waals surface area contributed by atoms with Gasteiger partial charge in [0.05, 0.1) is 48.6 Å². The van der Waals surface area contributed by atoms with Crippen LogP contribution in [-0.2, 0) is 18.0 Å². The number of imidazole rings is 2. The summed E-state index contributed by atoms with van der Waals surface area (Å²) in [6.45, 7) is 0.912. The zero-order chi connectivity index (χ0) is 16.9. The van der Waals surface area contributed by atoms with Crippen LogP contribution in [0.25, 0.3) is 22.5 Å². The van der Waals surface area contributed by atoms with Crippen LogP contribution < -0.4 is 0 Å². The molecule has 0 saturated heterocycles. The lowest BCUT2D eigenvalue weighted by Crippen LogP contribution is -1.98. The van der Waals surface area contributed by atoms with Crippen LogP contribution in [0.3, 0.4) is 0 Å². The second-order valence-electron chi connectivity index (χ2n) is 5.68. The van der Waals surface area contributed by atoms with E-state index in [4.69, 9.17) is 4.74 Å². The van der Waals surface area contributed by atoms with Gasteiger partial charge in [-0.3, -0.25) is 0 Å². The predicted molar refractivity (Wildman–Crippen MR) is 96.5 cm³/mol. The monoisotopic (exact) mass is 330 g/mol. The van der Waals surface area contributed by atoms with E-state index in [1.54, 1.807) is 12.7 Å². The molecule has 2 aromatic carbocycles. The fourth-order valence-electron chi connectivity index (χ4n) is 2.81. The van der Waals surface area contributed by atoms with Crippen molar-refractivity contribution in [2.45, 2.75) is 13.2 Å². The highest BCUT2D eigenvalue weighted by molar-refractivity contribution is 5.62. The maximum Gasteiger partial charge on any atom is 0.0936 e. The Hall–Kier alpha value is -3.18. The first kappa shape index (κ1) is 15.4. The maximum atomic E-state index is 5.90. The molecule has 2 heterocycles. The van der Waals surface area contributed by atoms with Gasteiger partial charge in [-0.05, 0) is 0 Å². The molecule has 5 nitrogen and oxygen atoms in total. The Morgan fingerprint density at radius 3 is 1.52 bits per heavy atom. The summed E-state index contributed by atoms with van der Waals surface area (Å²) in [7, 11) is 0. The third kappa shape index (κ3) is 3.36. The minimum Gasteiger partial charge on any atom is -0.369 e. The molecule has 0 aliphatic heterocycles. The number of rotatable bonds is 6. The molecule has 0 aliphatic rings. The average molecular weight is 330 g/mol. The summed E-state index contributed by atoms with van der Waals surface area (Å²) < 4.78 is 5.90. The Morgan fingerprint density at radius 2 is 1.08 bits per heavy atom. The third-order valence-electron chi connectivity index (χ3n) is 4.02. The first-order valence-corrected chi connectivity index (χ1v) is 8.15. The maximum absolute atomic E-state index is 5.90. The van der Waals surface area contributed by atoms with Crippen LogP contribution in [-0.4, -0.2) is 19.9 Å². The molecular weight excluding hydrogens is 312 g/mol. The van der Waals surface area contributed by atoms with Crippen LogP contribution in [0.2, 0.25) is 0 Å². The molecule has 0 radical (unpaired) electrons. The van der Waals surface area contributed by atoms with E-state index in [-0.39, 0.29) is 0 Å². The molecule has 0 aliphatic carbocycles. The number of ether oxygens (including phenoxy) is 1. The van der Waals surface area contributed by atoms with Gasteiger partial charge in [-0.15, -0.1) is 0 Å². The number of H-pyrrole nitrogens is 2. The molecular formula is C20H18N4O. The van der Waals surface area contributed by atoms with E-state index >= 15 is 0 Å². The van der Waals surface area contributed by atoms with Crippen molar-refractivity contribution in [3.05, 3.63) is 84.7 Å². The lowest BCUT2D eigenvalue weighted by molar-refractivity contribution is 0.103. The summed E-state index contributed by atoms with van der Waals surface area (Å²) in [6, 6.07) is 20.2. The van der Waals surface area contributed by atoms with Crippen LogP contribution in [0.15, 0.2) is 73.3 Å². The van der Waals surface area contributed by atoms with Crippen LogP contribution >= 0.6 is 0 Å². The van der Waals surface area contributed by atoms with Gasteiger partial charge < -0.3 is 14.7 Å². The number of aromatic amines is 2. The van der Waals surface area contributed by atoms with Crippen molar-refractivity contribution in [1.82, 2.24) is 19.9 Å². The van der Waals surface area contributed by atoms with Gasteiger partial charge in [0.2, 0.25) is 0 Å². The van der Waals surface area contributed by atoms with Crippen molar-refractivity contribution in [1.29, 1.82) is 0 Å². The van der Waals surface area contributed by atoms with Gasteiger partial charge in [0.1, 0.15) is 0 Å². The molecule has 2 aromatic heterocycles. The highest BCUT2D eigenvalue weighted by atomic mass is 16.5. The summed E-state index contributed by atoms with van der Waals surface area (Å²) >= 11 is 0. The first-order chi connectivity index (χ1) is 12.4. The van der Waals surface area contributed by atoms with E-state index in [1.165, 1.54) is 0 Å². The smallest absolute Gasteiger partial charge is 0.0936 e. The van der Waals surface area contributed by atoms with E-state index in [1.807, 2.05) is 60.7 Å². The lowest BCUT2D eigenvalue weighted by atomic mass is 10.1. The fourth-order valence-corrected chi connectivity index (χ4v) is 2.81. The van der Waals surface area contributed by atoms with E-state index in [9.17, 15) is 0 Å². The highest BCUT2D eigenvalue weighted by Gasteiger charge is 2.11. The number of benzene rings is 2. The Kier molecular flexibility index (Phi) is 4.39. The molecule has 0 saturated carbocycles. The van der Waals surface area contributed by atoms with E-state index in [0.717, 1.165) is 33.9 Å². The van der Waals surface area contributed by atoms with Crippen molar-refractivity contribution in [3.63, 3.8) is 0 Å². The zero-order valence-electron chi connectivity index (χ0n) is 13.6. The Labute approximate surface area is 145 Å². The van der Waals surface area contributed by atoms with Gasteiger partial charge >= 0.3 is 0 Å². The second kappa shape index (κ2) is 7.15. The topological polar surface area (TPSA) is 66.6 Å². The molecule has 2 N–H and O–H groups in total. The summed E-state index contributed by atoms with van der Waals surface area (Å²) in [5.41, 5.74) is 5.93. The quantitative estimate of drug-likeness (QED) is 0.557. The van der Waals surface area contributed by atoms with Crippen LogP contribution in [0, 0.1) is 0 Å². The minimum absolute atomic E-state index is 0.456. The van der Waals surface area contributed by atoms with Gasteiger partial charge in [-0.2, -0.15) is 0 Å². The van der Waals surface area contributed by atoms with E-state index in [2.05, 4.69) is 19.9 Å². The third-order valence-corrected chi connectivity index (χ3v) is 4.02. The molecule has 4 rings (SSSR count). The average Bonchev–Trinajstić information content (AvgIpc) is 3.33. The summed E-state index contributed by atoms with van der Waals surface area (Å²) in [4.78, 5) is 15.2. The first-order valence-electron chi connectivity index (χ1n) is 8.15. The molecule has 0 bridgehead atoms. The van der Waals surface area contributed by atoms with E-state index in [0.29, 0.717) is 13.2 Å². The van der Waals surface area contributed by atoms with Crippen LogP contribution in [0.4, 0.5) is 0 Å². The van der Waals surface area contributed by atoms with E-state index < -0.39 is 0 Å². The molecule has 0 unspecified atom stereocenters. The van der Waals surface area contributed by atoms with Crippen LogP contribution in [0.5, 0.6) is 0 Å². The van der Waals surface area contributed by atoms with Crippen LogP contribution in [0.1, 0.15) is 11.4 Å². The number of aromatic nitrogens is 4. The van der Waals surface area contributed by atoms with Crippen molar-refractivity contribution >= 4 is 0 Å². The predicted octanol–water partition coefficient (Wildman–Crippen LogP) is 4.18. The minimum atomic E-state index is 0.456. The molecule has 0 fully saturated rings. The van der Waals surface area contributed by atoms with Gasteiger partial charge in [-0.25, -0.2) is 9.97 Å². The molecule has 0 amide bonds. The molecule has 4 aromatic rings. The van der Waals surface area contributed by atoms with Gasteiger partial charge in [0, 0.05) is 11.1 Å². The van der Waals surface area contributed by atoms with Gasteiger partial charge in [0.25, 0.3) is 0 Å². The number of hydrogen-bond acceptors (Lipinski definition) is 3. The van der Waals surface area contributed by atoms with Gasteiger partial charge in [0.15, 0.2) is 0 Å². The number of hydrogen-bond donors (Lipinski definition) is 2. The molecule has 0 spiro atoms. The molecule has 5 heteroatoms. The Balaban J connectivity index is 1.45. The largest absolute Gasteiger partial charge is 0.369 e. The zero-order valence-corrected chi connectivity index (χ0v) is 13.6. The molecule has 25 heavy (non-hydrogen) atoms. The van der Waals surface area contributed by atoms with Crippen molar-refractivity contribution in [2.75, 3.05) is 0 Å². The SMILES string of the molecule is c1ccc(-c2nc[nH]c2COCc2[nH]cnc2-c2ccccc2)cc1. The molecule has 0 atom stereocenters. The molecule has 124 valence electrons. The number of nitrogens with one attached hydrogen (secondary N) is 2. The van der Waals surface area contributed by atoms with Crippen molar-refractivity contribution in [2.24, 2.45) is 0 Å². The second-order valence-corrected chi connectivity index (χ2v) is 5.68. The summed E-state index contributed by atoms with van der Waals surface area (Å²) in [5, 5.41) is 0. The summed E-state index contributed by atoms with van der Waals surface area (Å²) in [5.74, 6) is 0. The highest BCUT2D eigenvalue weighted by Crippen LogP contribution is 2.23.